The normalized spacial score (nSPS) is 10.2. The molecule has 0 fully saturated rings. The predicted octanol–water partition coefficient (Wildman–Crippen LogP) is 3.70. The first-order valence-corrected chi connectivity index (χ1v) is 6.18. The maximum absolute atomic E-state index is 10.7. The van der Waals surface area contributed by atoms with Gasteiger partial charge < -0.3 is 10.4 Å². The van der Waals surface area contributed by atoms with Crippen LogP contribution in [-0.2, 0) is 6.54 Å². The van der Waals surface area contributed by atoms with Crippen molar-refractivity contribution in [3.8, 4) is 0 Å². The third-order valence-electron chi connectivity index (χ3n) is 2.41. The van der Waals surface area contributed by atoms with Gasteiger partial charge in [-0.1, -0.05) is 23.2 Å². The second kappa shape index (κ2) is 5.91. The van der Waals surface area contributed by atoms with E-state index >= 15 is 0 Å². The Bertz CT molecular complexity index is 580. The van der Waals surface area contributed by atoms with Crippen molar-refractivity contribution in [1.29, 1.82) is 0 Å². The van der Waals surface area contributed by atoms with Gasteiger partial charge in [0, 0.05) is 21.9 Å². The van der Waals surface area contributed by atoms with E-state index < -0.39 is 5.97 Å². The number of benzene rings is 1. The third-order valence-corrected chi connectivity index (χ3v) is 2.84. The lowest BCUT2D eigenvalue weighted by atomic mass is 10.2. The number of anilines is 1. The van der Waals surface area contributed by atoms with Gasteiger partial charge in [0.1, 0.15) is 0 Å². The van der Waals surface area contributed by atoms with E-state index in [9.17, 15) is 4.79 Å². The highest BCUT2D eigenvalue weighted by Crippen LogP contribution is 2.22. The molecule has 6 heteroatoms. The van der Waals surface area contributed by atoms with Crippen molar-refractivity contribution in [1.82, 2.24) is 4.98 Å². The zero-order valence-corrected chi connectivity index (χ0v) is 11.2. The Labute approximate surface area is 120 Å². The zero-order chi connectivity index (χ0) is 13.8. The molecular weight excluding hydrogens is 287 g/mol. The van der Waals surface area contributed by atoms with Crippen molar-refractivity contribution < 1.29 is 9.90 Å². The molecule has 0 unspecified atom stereocenters. The fourth-order valence-electron chi connectivity index (χ4n) is 1.50. The molecule has 19 heavy (non-hydrogen) atoms. The summed E-state index contributed by atoms with van der Waals surface area (Å²) >= 11 is 11.8. The molecule has 1 heterocycles. The summed E-state index contributed by atoms with van der Waals surface area (Å²) in [6.45, 7) is 0.455. The number of rotatable bonds is 4. The highest BCUT2D eigenvalue weighted by Gasteiger charge is 2.03. The van der Waals surface area contributed by atoms with Gasteiger partial charge in [0.15, 0.2) is 0 Å². The van der Waals surface area contributed by atoms with Crippen molar-refractivity contribution in [3.05, 3.63) is 57.8 Å². The number of hydrogen-bond acceptors (Lipinski definition) is 3. The molecule has 2 aromatic rings. The number of pyridine rings is 1. The second-order valence-electron chi connectivity index (χ2n) is 3.86. The van der Waals surface area contributed by atoms with Crippen molar-refractivity contribution in [2.45, 2.75) is 6.54 Å². The van der Waals surface area contributed by atoms with E-state index in [0.717, 1.165) is 11.4 Å². The summed E-state index contributed by atoms with van der Waals surface area (Å²) in [6.07, 6.45) is 1.32. The molecule has 0 bridgehead atoms. The first kappa shape index (κ1) is 13.6. The Kier molecular flexibility index (Phi) is 4.24. The summed E-state index contributed by atoms with van der Waals surface area (Å²) in [6, 6.07) is 8.31. The monoisotopic (exact) mass is 296 g/mol. The number of carboxylic acid groups (broad SMARTS) is 1. The molecule has 0 saturated heterocycles. The van der Waals surface area contributed by atoms with E-state index in [0.29, 0.717) is 16.6 Å². The lowest BCUT2D eigenvalue weighted by Gasteiger charge is -2.07. The zero-order valence-electron chi connectivity index (χ0n) is 9.73. The van der Waals surface area contributed by atoms with Crippen molar-refractivity contribution in [2.75, 3.05) is 5.32 Å². The standard InChI is InChI=1S/C13H10Cl2N2O2/c14-9-3-10(15)5-12(4-9)17-7-11-2-1-8(6-16-11)13(18)19/h1-6,17H,7H2,(H,18,19). The molecule has 4 nitrogen and oxygen atoms in total. The van der Waals surface area contributed by atoms with Gasteiger partial charge in [-0.2, -0.15) is 0 Å². The summed E-state index contributed by atoms with van der Waals surface area (Å²) in [5.41, 5.74) is 1.66. The minimum Gasteiger partial charge on any atom is -0.478 e. The van der Waals surface area contributed by atoms with Crippen LogP contribution >= 0.6 is 23.2 Å². The van der Waals surface area contributed by atoms with Gasteiger partial charge in [-0.25, -0.2) is 4.79 Å². The van der Waals surface area contributed by atoms with Crippen LogP contribution in [0.15, 0.2) is 36.5 Å². The fourth-order valence-corrected chi connectivity index (χ4v) is 2.03. The number of aromatic carboxylic acids is 1. The molecule has 0 atom stereocenters. The van der Waals surface area contributed by atoms with Gasteiger partial charge in [-0.05, 0) is 30.3 Å². The van der Waals surface area contributed by atoms with Gasteiger partial charge in [-0.3, -0.25) is 4.98 Å². The summed E-state index contributed by atoms with van der Waals surface area (Å²) in [5, 5.41) is 13.0. The number of carbonyl (C=O) groups is 1. The van der Waals surface area contributed by atoms with Crippen LogP contribution in [0.1, 0.15) is 16.1 Å². The van der Waals surface area contributed by atoms with Gasteiger partial charge in [-0.15, -0.1) is 0 Å². The molecule has 0 spiro atoms. The van der Waals surface area contributed by atoms with Crippen LogP contribution < -0.4 is 5.32 Å². The van der Waals surface area contributed by atoms with Gasteiger partial charge in [0.05, 0.1) is 17.8 Å². The molecule has 1 aromatic carbocycles. The average Bonchev–Trinajstić information content (AvgIpc) is 2.36. The minimum absolute atomic E-state index is 0.162. The highest BCUT2D eigenvalue weighted by molar-refractivity contribution is 6.35. The first-order valence-electron chi connectivity index (χ1n) is 5.43. The number of nitrogens with one attached hydrogen (secondary N) is 1. The van der Waals surface area contributed by atoms with Crippen LogP contribution in [0.3, 0.4) is 0 Å². The molecule has 1 aromatic heterocycles. The molecule has 0 saturated carbocycles. The summed E-state index contributed by atoms with van der Waals surface area (Å²) in [7, 11) is 0. The summed E-state index contributed by atoms with van der Waals surface area (Å²) in [4.78, 5) is 14.7. The van der Waals surface area contributed by atoms with E-state index in [1.54, 1.807) is 24.3 Å². The molecule has 2 rings (SSSR count). The molecule has 0 aliphatic rings. The number of hydrogen-bond donors (Lipinski definition) is 2. The smallest absolute Gasteiger partial charge is 0.337 e. The highest BCUT2D eigenvalue weighted by atomic mass is 35.5. The summed E-state index contributed by atoms with van der Waals surface area (Å²) < 4.78 is 0. The van der Waals surface area contributed by atoms with E-state index in [1.807, 2.05) is 0 Å². The number of halogens is 2. The Hall–Kier alpha value is -1.78. The Morgan fingerprint density at radius 1 is 1.21 bits per heavy atom. The Morgan fingerprint density at radius 3 is 2.42 bits per heavy atom. The van der Waals surface area contributed by atoms with Crippen LogP contribution in [0.25, 0.3) is 0 Å². The molecule has 2 N–H and O–H groups in total. The van der Waals surface area contributed by atoms with E-state index in [4.69, 9.17) is 28.3 Å². The third kappa shape index (κ3) is 3.84. The van der Waals surface area contributed by atoms with Gasteiger partial charge in [0.2, 0.25) is 0 Å². The van der Waals surface area contributed by atoms with E-state index in [2.05, 4.69) is 10.3 Å². The predicted molar refractivity (Wildman–Crippen MR) is 75.0 cm³/mol. The minimum atomic E-state index is -0.992. The van der Waals surface area contributed by atoms with Crippen LogP contribution in [0.5, 0.6) is 0 Å². The molecule has 98 valence electrons. The largest absolute Gasteiger partial charge is 0.478 e. The van der Waals surface area contributed by atoms with Crippen molar-refractivity contribution in [3.63, 3.8) is 0 Å². The van der Waals surface area contributed by atoms with Crippen molar-refractivity contribution >= 4 is 34.9 Å². The molecule has 0 amide bonds. The lowest BCUT2D eigenvalue weighted by molar-refractivity contribution is 0.0696. The molecule has 0 aliphatic carbocycles. The quantitative estimate of drug-likeness (QED) is 0.903. The first-order chi connectivity index (χ1) is 9.04. The van der Waals surface area contributed by atoms with Crippen molar-refractivity contribution in [2.24, 2.45) is 0 Å². The van der Waals surface area contributed by atoms with Crippen LogP contribution in [0, 0.1) is 0 Å². The lowest BCUT2D eigenvalue weighted by Crippen LogP contribution is -2.03. The number of nitrogens with zero attached hydrogens (tertiary/aromatic N) is 1. The number of carboxylic acids is 1. The molecular formula is C13H10Cl2N2O2. The summed E-state index contributed by atoms with van der Waals surface area (Å²) in [5.74, 6) is -0.992. The van der Waals surface area contributed by atoms with Gasteiger partial charge in [0.25, 0.3) is 0 Å². The van der Waals surface area contributed by atoms with E-state index in [-0.39, 0.29) is 5.56 Å². The molecule has 0 radical (unpaired) electrons. The number of aromatic nitrogens is 1. The topological polar surface area (TPSA) is 62.2 Å². The van der Waals surface area contributed by atoms with Crippen LogP contribution in [0.2, 0.25) is 10.0 Å². The second-order valence-corrected chi connectivity index (χ2v) is 4.73. The van der Waals surface area contributed by atoms with Crippen LogP contribution in [-0.4, -0.2) is 16.1 Å². The maximum Gasteiger partial charge on any atom is 0.337 e. The van der Waals surface area contributed by atoms with Crippen LogP contribution in [0.4, 0.5) is 5.69 Å². The van der Waals surface area contributed by atoms with E-state index in [1.165, 1.54) is 12.3 Å². The fraction of sp³-hybridized carbons (Fsp3) is 0.0769. The molecule has 0 aliphatic heterocycles. The van der Waals surface area contributed by atoms with Gasteiger partial charge >= 0.3 is 5.97 Å². The maximum atomic E-state index is 10.7. The Balaban J connectivity index is 2.03. The average molecular weight is 297 g/mol. The Morgan fingerprint density at radius 2 is 1.89 bits per heavy atom. The SMILES string of the molecule is O=C(O)c1ccc(CNc2cc(Cl)cc(Cl)c2)nc1.